The number of rotatable bonds is 3. The number of carbonyl (C=O) groups excluding carboxylic acids is 2. The van der Waals surface area contributed by atoms with Crippen LogP contribution in [0.3, 0.4) is 0 Å². The second-order valence-electron chi connectivity index (χ2n) is 1.45. The summed E-state index contributed by atoms with van der Waals surface area (Å²) in [7, 11) is 0. The van der Waals surface area contributed by atoms with Gasteiger partial charge in [-0.15, -0.1) is 0 Å². The Kier molecular flexibility index (Phi) is 3.24. The molecule has 0 aliphatic carbocycles. The van der Waals surface area contributed by atoms with Crippen molar-refractivity contribution >= 4 is 34.8 Å². The predicted molar refractivity (Wildman–Crippen MR) is 33.8 cm³/mol. The summed E-state index contributed by atoms with van der Waals surface area (Å²) in [6.07, 6.45) is 0. The average Bonchev–Trinajstić information content (AvgIpc) is 1.83. The second kappa shape index (κ2) is 3.30. The van der Waals surface area contributed by atoms with E-state index < -0.39 is 22.7 Å². The fourth-order valence-corrected chi connectivity index (χ4v) is 0.450. The van der Waals surface area contributed by atoms with Crippen LogP contribution in [0.2, 0.25) is 0 Å². The third-order valence-electron chi connectivity index (χ3n) is 0.670. The zero-order chi connectivity index (χ0) is 8.36. The van der Waals surface area contributed by atoms with Gasteiger partial charge in [-0.3, -0.25) is 9.59 Å². The van der Waals surface area contributed by atoms with Crippen molar-refractivity contribution < 1.29 is 19.8 Å². The van der Waals surface area contributed by atoms with E-state index >= 15 is 0 Å². The molecule has 6 heteroatoms. The molecular weight excluding hydrogens is 183 g/mol. The summed E-state index contributed by atoms with van der Waals surface area (Å²) in [6.45, 7) is -1.01. The summed E-state index contributed by atoms with van der Waals surface area (Å²) >= 11 is 9.59. The third kappa shape index (κ3) is 2.62. The predicted octanol–water partition coefficient (Wildman–Crippen LogP) is -0.759. The van der Waals surface area contributed by atoms with E-state index in [1.807, 2.05) is 0 Å². The van der Waals surface area contributed by atoms with E-state index in [0.29, 0.717) is 0 Å². The Balaban J connectivity index is 4.24. The maximum absolute atomic E-state index is 10.4. The summed E-state index contributed by atoms with van der Waals surface area (Å²) in [6, 6.07) is 0. The van der Waals surface area contributed by atoms with Crippen LogP contribution in [0.4, 0.5) is 0 Å². The summed E-state index contributed by atoms with van der Waals surface area (Å²) in [5.74, 6) is -2.66. The van der Waals surface area contributed by atoms with Crippen LogP contribution in [-0.2, 0) is 9.59 Å². The summed E-state index contributed by atoms with van der Waals surface area (Å²) in [4.78, 5) is 20.6. The molecule has 0 aliphatic heterocycles. The highest BCUT2D eigenvalue weighted by molar-refractivity contribution is 6.66. The Morgan fingerprint density at radius 3 is 1.90 bits per heavy atom. The van der Waals surface area contributed by atoms with Crippen molar-refractivity contribution in [2.75, 3.05) is 6.61 Å². The van der Waals surface area contributed by atoms with E-state index in [1.165, 1.54) is 0 Å². The van der Waals surface area contributed by atoms with E-state index in [9.17, 15) is 9.59 Å². The minimum Gasteiger partial charge on any atom is -0.388 e. The van der Waals surface area contributed by atoms with E-state index in [-0.39, 0.29) is 0 Å². The van der Waals surface area contributed by atoms with Gasteiger partial charge in [0, 0.05) is 0 Å². The molecule has 0 bridgehead atoms. The van der Waals surface area contributed by atoms with Crippen molar-refractivity contribution in [3.05, 3.63) is 0 Å². The van der Waals surface area contributed by atoms with Gasteiger partial charge in [0.2, 0.25) is 5.78 Å². The van der Waals surface area contributed by atoms with Gasteiger partial charge >= 0.3 is 0 Å². The number of hydrogen-bond donors (Lipinski definition) is 2. The van der Waals surface area contributed by atoms with Crippen LogP contribution in [0.25, 0.3) is 0 Å². The van der Waals surface area contributed by atoms with Gasteiger partial charge in [0.25, 0.3) is 10.3 Å². The van der Waals surface area contributed by atoms with Crippen molar-refractivity contribution in [1.29, 1.82) is 0 Å². The van der Waals surface area contributed by atoms with Crippen LogP contribution in [0.5, 0.6) is 0 Å². The highest BCUT2D eigenvalue weighted by Gasteiger charge is 2.35. The van der Waals surface area contributed by atoms with Crippen molar-refractivity contribution in [1.82, 2.24) is 0 Å². The van der Waals surface area contributed by atoms with Gasteiger partial charge < -0.3 is 10.2 Å². The van der Waals surface area contributed by atoms with E-state index in [1.54, 1.807) is 0 Å². The molecule has 0 saturated heterocycles. The lowest BCUT2D eigenvalue weighted by Crippen LogP contribution is -2.34. The fourth-order valence-electron chi connectivity index (χ4n) is 0.240. The highest BCUT2D eigenvalue weighted by Crippen LogP contribution is 2.17. The lowest BCUT2D eigenvalue weighted by Gasteiger charge is -2.06. The number of hydrogen-bond acceptors (Lipinski definition) is 4. The maximum atomic E-state index is 10.4. The molecule has 0 aliphatic rings. The van der Waals surface area contributed by atoms with Crippen molar-refractivity contribution in [2.45, 2.75) is 4.52 Å². The average molecular weight is 187 g/mol. The number of aliphatic hydroxyl groups is 2. The zero-order valence-electron chi connectivity index (χ0n) is 4.67. The summed E-state index contributed by atoms with van der Waals surface area (Å²) < 4.78 is -2.72. The first kappa shape index (κ1) is 9.84. The molecule has 0 amide bonds. The van der Waals surface area contributed by atoms with Gasteiger partial charge in [-0.2, -0.15) is 0 Å². The van der Waals surface area contributed by atoms with Gasteiger partial charge in [-0.25, -0.2) is 0 Å². The van der Waals surface area contributed by atoms with Crippen LogP contribution in [0, 0.1) is 0 Å². The minimum absolute atomic E-state index is 1.01. The normalized spacial score (nSPS) is 11.2. The minimum atomic E-state index is -2.72. The van der Waals surface area contributed by atoms with E-state index in [0.717, 1.165) is 0 Å². The number of ketones is 2. The first-order valence-corrected chi connectivity index (χ1v) is 2.94. The summed E-state index contributed by atoms with van der Waals surface area (Å²) in [5.41, 5.74) is 0. The van der Waals surface area contributed by atoms with Gasteiger partial charge in [-0.05, 0) is 0 Å². The first-order chi connectivity index (χ1) is 4.39. The SMILES string of the molecule is O=C(CO)C(=O)C(O)(Cl)Cl. The molecule has 58 valence electrons. The highest BCUT2D eigenvalue weighted by atomic mass is 35.5. The summed E-state index contributed by atoms with van der Waals surface area (Å²) in [5, 5.41) is 16.5. The Hall–Kier alpha value is -0.160. The molecule has 0 aromatic heterocycles. The lowest BCUT2D eigenvalue weighted by molar-refractivity contribution is -0.142. The molecule has 10 heavy (non-hydrogen) atoms. The van der Waals surface area contributed by atoms with Crippen LogP contribution in [0.1, 0.15) is 0 Å². The molecule has 0 aromatic rings. The molecular formula is C4H4Cl2O4. The van der Waals surface area contributed by atoms with Crippen LogP contribution in [0.15, 0.2) is 0 Å². The van der Waals surface area contributed by atoms with Gasteiger partial charge in [0.05, 0.1) is 0 Å². The molecule has 0 aromatic carbocycles. The number of aliphatic hydroxyl groups excluding tert-OH is 1. The topological polar surface area (TPSA) is 74.6 Å². The van der Waals surface area contributed by atoms with Crippen molar-refractivity contribution in [2.24, 2.45) is 0 Å². The smallest absolute Gasteiger partial charge is 0.283 e. The molecule has 0 radical (unpaired) electrons. The number of carbonyl (C=O) groups is 2. The van der Waals surface area contributed by atoms with Crippen molar-refractivity contribution in [3.63, 3.8) is 0 Å². The fraction of sp³-hybridized carbons (Fsp3) is 0.500. The number of alkyl halides is 2. The van der Waals surface area contributed by atoms with Gasteiger partial charge in [-0.1, -0.05) is 23.2 Å². The van der Waals surface area contributed by atoms with E-state index in [2.05, 4.69) is 0 Å². The number of Topliss-reactive ketones (excluding diaryl/α,β-unsaturated/α-hetero) is 2. The second-order valence-corrected chi connectivity index (χ2v) is 2.74. The third-order valence-corrected chi connectivity index (χ3v) is 1.01. The van der Waals surface area contributed by atoms with E-state index in [4.69, 9.17) is 33.4 Å². The Labute approximate surface area is 66.4 Å². The quantitative estimate of drug-likeness (QED) is 0.449. The molecule has 0 atom stereocenters. The molecule has 0 rings (SSSR count). The van der Waals surface area contributed by atoms with Crippen molar-refractivity contribution in [3.8, 4) is 0 Å². The molecule has 0 spiro atoms. The molecule has 0 saturated carbocycles. The van der Waals surface area contributed by atoms with Crippen LogP contribution >= 0.6 is 23.2 Å². The van der Waals surface area contributed by atoms with Crippen LogP contribution in [-0.4, -0.2) is 32.9 Å². The van der Waals surface area contributed by atoms with Gasteiger partial charge in [0.1, 0.15) is 6.61 Å². The van der Waals surface area contributed by atoms with Crippen LogP contribution < -0.4 is 0 Å². The van der Waals surface area contributed by atoms with Gasteiger partial charge in [0.15, 0.2) is 0 Å². The molecule has 0 fully saturated rings. The Morgan fingerprint density at radius 1 is 1.40 bits per heavy atom. The molecule has 4 nitrogen and oxygen atoms in total. The maximum Gasteiger partial charge on any atom is 0.283 e. The standard InChI is InChI=1S/C4H4Cl2O4/c5-4(6,10)3(9)2(8)1-7/h7,10H,1H2. The monoisotopic (exact) mass is 186 g/mol. The lowest BCUT2D eigenvalue weighted by atomic mass is 10.3. The molecule has 0 unspecified atom stereocenters. The largest absolute Gasteiger partial charge is 0.388 e. The zero-order valence-corrected chi connectivity index (χ0v) is 6.19. The number of halogens is 2. The Bertz CT molecular complexity index is 159. The molecule has 0 heterocycles. The first-order valence-electron chi connectivity index (χ1n) is 2.18. The Morgan fingerprint density at radius 2 is 1.80 bits per heavy atom. The molecule has 2 N–H and O–H groups in total.